The Balaban J connectivity index is 2.58. The van der Waals surface area contributed by atoms with Crippen LogP contribution in [0.3, 0.4) is 0 Å². The maximum atomic E-state index is 4.52. The van der Waals surface area contributed by atoms with Crippen molar-refractivity contribution in [1.82, 2.24) is 14.9 Å². The Morgan fingerprint density at radius 1 is 1.33 bits per heavy atom. The molecule has 1 rings (SSSR count). The average molecular weight is 250 g/mol. The van der Waals surface area contributed by atoms with E-state index in [1.54, 1.807) is 0 Å². The van der Waals surface area contributed by atoms with Crippen molar-refractivity contribution in [2.24, 2.45) is 0 Å². The van der Waals surface area contributed by atoms with Gasteiger partial charge in [-0.05, 0) is 32.5 Å². The van der Waals surface area contributed by atoms with E-state index in [1.165, 1.54) is 12.8 Å². The fraction of sp³-hybridized carbons (Fsp3) is 0.714. The highest BCUT2D eigenvalue weighted by molar-refractivity contribution is 5.26. The second kappa shape index (κ2) is 7.31. The van der Waals surface area contributed by atoms with Crippen molar-refractivity contribution in [1.29, 1.82) is 0 Å². The molecule has 0 aliphatic heterocycles. The molecule has 4 heteroatoms. The van der Waals surface area contributed by atoms with E-state index in [0.29, 0.717) is 12.0 Å². The first-order valence-electron chi connectivity index (χ1n) is 6.77. The molecule has 0 saturated heterocycles. The lowest BCUT2D eigenvalue weighted by molar-refractivity contribution is 0.288. The van der Waals surface area contributed by atoms with Crippen LogP contribution in [0.25, 0.3) is 0 Å². The molecule has 0 spiro atoms. The topological polar surface area (TPSA) is 41.1 Å². The van der Waals surface area contributed by atoms with E-state index in [-0.39, 0.29) is 0 Å². The summed E-state index contributed by atoms with van der Waals surface area (Å²) in [5, 5.41) is 3.34. The zero-order valence-electron chi connectivity index (χ0n) is 12.3. The van der Waals surface area contributed by atoms with Crippen LogP contribution in [0, 0.1) is 0 Å². The third-order valence-corrected chi connectivity index (χ3v) is 3.12. The minimum atomic E-state index is 0.439. The SMILES string of the molecule is CCC[C@H](CNc1nccc(C(C)C)n1)N(C)C. The average Bonchev–Trinajstić information content (AvgIpc) is 2.34. The summed E-state index contributed by atoms with van der Waals surface area (Å²) >= 11 is 0. The number of nitrogens with zero attached hydrogens (tertiary/aromatic N) is 3. The van der Waals surface area contributed by atoms with Gasteiger partial charge < -0.3 is 10.2 Å². The van der Waals surface area contributed by atoms with Crippen LogP contribution in [0.15, 0.2) is 12.3 Å². The van der Waals surface area contributed by atoms with E-state index in [0.717, 1.165) is 18.2 Å². The summed E-state index contributed by atoms with van der Waals surface area (Å²) in [5.74, 6) is 1.18. The van der Waals surface area contributed by atoms with Crippen LogP contribution in [0.2, 0.25) is 0 Å². The largest absolute Gasteiger partial charge is 0.353 e. The lowest BCUT2D eigenvalue weighted by atomic mass is 10.1. The van der Waals surface area contributed by atoms with Gasteiger partial charge >= 0.3 is 0 Å². The summed E-state index contributed by atoms with van der Waals surface area (Å²) in [6.07, 6.45) is 4.20. The Bertz CT molecular complexity index is 349. The molecule has 0 radical (unpaired) electrons. The summed E-state index contributed by atoms with van der Waals surface area (Å²) < 4.78 is 0. The molecule has 0 aliphatic carbocycles. The fourth-order valence-corrected chi connectivity index (χ4v) is 1.86. The standard InChI is InChI=1S/C14H26N4/c1-6-7-12(18(4)5)10-16-14-15-9-8-13(17-14)11(2)3/h8-9,11-12H,6-7,10H2,1-5H3,(H,15,16,17)/t12-/m1/s1. The van der Waals surface area contributed by atoms with Crippen LogP contribution in [0.1, 0.15) is 45.2 Å². The predicted molar refractivity (Wildman–Crippen MR) is 77.0 cm³/mol. The zero-order valence-corrected chi connectivity index (χ0v) is 12.3. The molecule has 0 aromatic carbocycles. The highest BCUT2D eigenvalue weighted by Crippen LogP contribution is 2.12. The molecule has 1 N–H and O–H groups in total. The summed E-state index contributed by atoms with van der Waals surface area (Å²) in [6.45, 7) is 7.40. The minimum Gasteiger partial charge on any atom is -0.353 e. The van der Waals surface area contributed by atoms with Crippen LogP contribution >= 0.6 is 0 Å². The molecule has 0 bridgehead atoms. The predicted octanol–water partition coefficient (Wildman–Crippen LogP) is 2.74. The van der Waals surface area contributed by atoms with Crippen molar-refractivity contribution in [3.63, 3.8) is 0 Å². The van der Waals surface area contributed by atoms with Crippen molar-refractivity contribution in [2.45, 2.75) is 45.6 Å². The monoisotopic (exact) mass is 250 g/mol. The third kappa shape index (κ3) is 4.61. The summed E-state index contributed by atoms with van der Waals surface area (Å²) in [5.41, 5.74) is 1.09. The van der Waals surface area contributed by atoms with Crippen molar-refractivity contribution < 1.29 is 0 Å². The molecule has 18 heavy (non-hydrogen) atoms. The molecule has 0 saturated carbocycles. The quantitative estimate of drug-likeness (QED) is 0.808. The van der Waals surface area contributed by atoms with Gasteiger partial charge in [0.1, 0.15) is 0 Å². The van der Waals surface area contributed by atoms with Gasteiger partial charge in [-0.15, -0.1) is 0 Å². The minimum absolute atomic E-state index is 0.439. The molecule has 0 fully saturated rings. The fourth-order valence-electron chi connectivity index (χ4n) is 1.86. The van der Waals surface area contributed by atoms with Crippen LogP contribution < -0.4 is 5.32 Å². The Morgan fingerprint density at radius 2 is 2.06 bits per heavy atom. The van der Waals surface area contributed by atoms with Crippen molar-refractivity contribution in [2.75, 3.05) is 26.0 Å². The van der Waals surface area contributed by atoms with Gasteiger partial charge in [-0.1, -0.05) is 27.2 Å². The maximum absolute atomic E-state index is 4.52. The van der Waals surface area contributed by atoms with Crippen LogP contribution in [0.5, 0.6) is 0 Å². The molecule has 1 heterocycles. The zero-order chi connectivity index (χ0) is 13.5. The van der Waals surface area contributed by atoms with Crippen LogP contribution in [-0.4, -0.2) is 41.5 Å². The first-order valence-corrected chi connectivity index (χ1v) is 6.77. The summed E-state index contributed by atoms with van der Waals surface area (Å²) in [4.78, 5) is 11.0. The number of anilines is 1. The Kier molecular flexibility index (Phi) is 6.05. The third-order valence-electron chi connectivity index (χ3n) is 3.12. The van der Waals surface area contributed by atoms with Gasteiger partial charge in [0.15, 0.2) is 0 Å². The molecule has 1 aromatic heterocycles. The summed E-state index contributed by atoms with van der Waals surface area (Å²) in [7, 11) is 4.24. The number of rotatable bonds is 7. The number of likely N-dealkylation sites (N-methyl/N-ethyl adjacent to an activating group) is 1. The van der Waals surface area contributed by atoms with Gasteiger partial charge in [0, 0.05) is 24.5 Å². The van der Waals surface area contributed by atoms with Gasteiger partial charge in [-0.25, -0.2) is 9.97 Å². The molecular formula is C14H26N4. The second-order valence-corrected chi connectivity index (χ2v) is 5.25. The molecule has 1 atom stereocenters. The van der Waals surface area contributed by atoms with Gasteiger partial charge in [-0.3, -0.25) is 0 Å². The Labute approximate surface area is 111 Å². The first-order chi connectivity index (χ1) is 8.54. The molecule has 102 valence electrons. The van der Waals surface area contributed by atoms with Gasteiger partial charge in [0.05, 0.1) is 0 Å². The van der Waals surface area contributed by atoms with E-state index < -0.39 is 0 Å². The summed E-state index contributed by atoms with van der Waals surface area (Å²) in [6, 6.07) is 2.51. The smallest absolute Gasteiger partial charge is 0.222 e. The van der Waals surface area contributed by atoms with Crippen molar-refractivity contribution in [3.05, 3.63) is 18.0 Å². The molecule has 4 nitrogen and oxygen atoms in total. The molecule has 0 unspecified atom stereocenters. The maximum Gasteiger partial charge on any atom is 0.222 e. The number of nitrogens with one attached hydrogen (secondary N) is 1. The molecule has 1 aromatic rings. The first kappa shape index (κ1) is 14.9. The second-order valence-electron chi connectivity index (χ2n) is 5.25. The van der Waals surface area contributed by atoms with Crippen molar-refractivity contribution >= 4 is 5.95 Å². The molecule has 0 amide bonds. The number of aromatic nitrogens is 2. The molecular weight excluding hydrogens is 224 g/mol. The van der Waals surface area contributed by atoms with Crippen LogP contribution in [-0.2, 0) is 0 Å². The Hall–Kier alpha value is -1.16. The van der Waals surface area contributed by atoms with Crippen molar-refractivity contribution in [3.8, 4) is 0 Å². The highest BCUT2D eigenvalue weighted by atomic mass is 15.2. The van der Waals surface area contributed by atoms with Crippen LogP contribution in [0.4, 0.5) is 5.95 Å². The molecule has 0 aliphatic rings. The van der Waals surface area contributed by atoms with E-state index in [1.807, 2.05) is 12.3 Å². The lowest BCUT2D eigenvalue weighted by Crippen LogP contribution is -2.34. The van der Waals surface area contributed by atoms with E-state index in [9.17, 15) is 0 Å². The van der Waals surface area contributed by atoms with E-state index in [2.05, 4.69) is 55.1 Å². The Morgan fingerprint density at radius 3 is 2.61 bits per heavy atom. The van der Waals surface area contributed by atoms with Gasteiger partial charge in [-0.2, -0.15) is 0 Å². The van der Waals surface area contributed by atoms with E-state index >= 15 is 0 Å². The van der Waals surface area contributed by atoms with E-state index in [4.69, 9.17) is 0 Å². The number of hydrogen-bond donors (Lipinski definition) is 1. The number of hydrogen-bond acceptors (Lipinski definition) is 4. The van der Waals surface area contributed by atoms with Gasteiger partial charge in [0.25, 0.3) is 0 Å². The van der Waals surface area contributed by atoms with Gasteiger partial charge in [0.2, 0.25) is 5.95 Å². The highest BCUT2D eigenvalue weighted by Gasteiger charge is 2.11. The normalized spacial score (nSPS) is 13.1. The lowest BCUT2D eigenvalue weighted by Gasteiger charge is -2.24.